The van der Waals surface area contributed by atoms with Crippen LogP contribution in [0.5, 0.6) is 0 Å². The highest BCUT2D eigenvalue weighted by Gasteiger charge is 2.24. The van der Waals surface area contributed by atoms with Crippen LogP contribution in [0, 0.1) is 23.0 Å². The first kappa shape index (κ1) is 11.4. The predicted octanol–water partition coefficient (Wildman–Crippen LogP) is 0.465. The van der Waals surface area contributed by atoms with Gasteiger partial charge in [-0.05, 0) is 6.07 Å². The van der Waals surface area contributed by atoms with Crippen LogP contribution in [0.25, 0.3) is 0 Å². The van der Waals surface area contributed by atoms with E-state index in [9.17, 15) is 13.9 Å². The Morgan fingerprint density at radius 2 is 1.93 bits per heavy atom. The van der Waals surface area contributed by atoms with Gasteiger partial charge in [-0.3, -0.25) is 0 Å². The number of aliphatic hydroxyl groups excluding tert-OH is 2. The van der Waals surface area contributed by atoms with Gasteiger partial charge in [0.1, 0.15) is 17.7 Å². The van der Waals surface area contributed by atoms with Crippen molar-refractivity contribution in [2.24, 2.45) is 0 Å². The van der Waals surface area contributed by atoms with Crippen LogP contribution in [0.15, 0.2) is 12.1 Å². The molecule has 2 atom stereocenters. The van der Waals surface area contributed by atoms with E-state index in [2.05, 4.69) is 0 Å². The van der Waals surface area contributed by atoms with Crippen molar-refractivity contribution in [3.8, 4) is 6.07 Å². The first-order valence-electron chi connectivity index (χ1n) is 3.97. The summed E-state index contributed by atoms with van der Waals surface area (Å²) in [6.07, 6.45) is -3.61. The van der Waals surface area contributed by atoms with Gasteiger partial charge in [0.2, 0.25) is 0 Å². The van der Waals surface area contributed by atoms with E-state index >= 15 is 0 Å². The molecule has 0 amide bonds. The van der Waals surface area contributed by atoms with Crippen LogP contribution < -0.4 is 5.73 Å². The molecule has 1 aromatic rings. The number of halogens is 2. The quantitative estimate of drug-likeness (QED) is 0.493. The lowest BCUT2D eigenvalue weighted by Crippen LogP contribution is -2.18. The maximum absolute atomic E-state index is 13.2. The number of rotatable bonds is 2. The highest BCUT2D eigenvalue weighted by Crippen LogP contribution is 2.27. The number of aliphatic hydroxyl groups is 2. The summed E-state index contributed by atoms with van der Waals surface area (Å²) in [4.78, 5) is 0. The lowest BCUT2D eigenvalue weighted by molar-refractivity contribution is 0.0508. The number of benzene rings is 1. The van der Waals surface area contributed by atoms with Crippen LogP contribution in [-0.2, 0) is 0 Å². The van der Waals surface area contributed by atoms with Crippen LogP contribution >= 0.6 is 0 Å². The van der Waals surface area contributed by atoms with E-state index < -0.39 is 29.4 Å². The molecule has 0 aromatic heterocycles. The molecule has 4 nitrogen and oxygen atoms in total. The first-order chi connectivity index (χ1) is 6.97. The van der Waals surface area contributed by atoms with E-state index in [1.807, 2.05) is 0 Å². The van der Waals surface area contributed by atoms with Gasteiger partial charge in [0, 0.05) is 17.3 Å². The zero-order valence-corrected chi connectivity index (χ0v) is 7.48. The average Bonchev–Trinajstić information content (AvgIpc) is 2.14. The molecule has 0 aliphatic rings. The second-order valence-electron chi connectivity index (χ2n) is 2.91. The molecule has 4 N–H and O–H groups in total. The van der Waals surface area contributed by atoms with Crippen molar-refractivity contribution in [1.29, 1.82) is 5.26 Å². The molecular weight excluding hydrogens is 206 g/mol. The molecule has 0 radical (unpaired) electrons. The Morgan fingerprint density at radius 3 is 2.40 bits per heavy atom. The van der Waals surface area contributed by atoms with E-state index in [4.69, 9.17) is 16.1 Å². The molecule has 15 heavy (non-hydrogen) atoms. The third-order valence-electron chi connectivity index (χ3n) is 1.85. The molecule has 0 saturated carbocycles. The number of nitriles is 1. The average molecular weight is 214 g/mol. The van der Waals surface area contributed by atoms with Gasteiger partial charge in [0.15, 0.2) is 6.10 Å². The Bertz CT molecular complexity index is 394. The van der Waals surface area contributed by atoms with Gasteiger partial charge < -0.3 is 15.9 Å². The predicted molar refractivity (Wildman–Crippen MR) is 47.4 cm³/mol. The molecule has 2 unspecified atom stereocenters. The van der Waals surface area contributed by atoms with Crippen molar-refractivity contribution in [2.75, 3.05) is 5.73 Å². The van der Waals surface area contributed by atoms with Crippen molar-refractivity contribution in [2.45, 2.75) is 12.2 Å². The molecule has 1 aromatic carbocycles. The summed E-state index contributed by atoms with van der Waals surface area (Å²) in [6, 6.07) is 2.63. The summed E-state index contributed by atoms with van der Waals surface area (Å²) >= 11 is 0. The minimum Gasteiger partial charge on any atom is -0.398 e. The Kier molecular flexibility index (Phi) is 3.19. The lowest BCUT2D eigenvalue weighted by Gasteiger charge is -2.15. The monoisotopic (exact) mass is 214 g/mol. The number of nitrogen functional groups attached to an aromatic ring is 1. The van der Waals surface area contributed by atoms with E-state index in [0.29, 0.717) is 6.07 Å². The van der Waals surface area contributed by atoms with Crippen molar-refractivity contribution in [3.63, 3.8) is 0 Å². The van der Waals surface area contributed by atoms with Crippen molar-refractivity contribution in [1.82, 2.24) is 0 Å². The SMILES string of the molecule is N#CC(O)C(O)c1c(N)cc(F)cc1F. The maximum atomic E-state index is 13.2. The molecular formula is C9H8F2N2O2. The Morgan fingerprint density at radius 1 is 1.33 bits per heavy atom. The lowest BCUT2D eigenvalue weighted by atomic mass is 10.0. The number of nitrogens with two attached hydrogens (primary N) is 1. The van der Waals surface area contributed by atoms with E-state index in [1.54, 1.807) is 0 Å². The topological polar surface area (TPSA) is 90.3 Å². The zero-order chi connectivity index (χ0) is 11.6. The van der Waals surface area contributed by atoms with E-state index in [-0.39, 0.29) is 5.69 Å². The molecule has 0 spiro atoms. The summed E-state index contributed by atoms with van der Waals surface area (Å²) < 4.78 is 25.8. The Hall–Kier alpha value is -1.71. The van der Waals surface area contributed by atoms with E-state index in [0.717, 1.165) is 6.07 Å². The van der Waals surface area contributed by atoms with E-state index in [1.165, 1.54) is 6.07 Å². The van der Waals surface area contributed by atoms with Crippen molar-refractivity contribution < 1.29 is 19.0 Å². The molecule has 80 valence electrons. The molecule has 6 heteroatoms. The standard InChI is InChI=1S/C9H8F2N2O2/c10-4-1-5(11)8(6(13)2-4)9(15)7(14)3-12/h1-2,7,9,14-15H,13H2. The van der Waals surface area contributed by atoms with Crippen LogP contribution in [0.3, 0.4) is 0 Å². The summed E-state index contributed by atoms with van der Waals surface area (Å²) in [5.41, 5.74) is 4.42. The molecule has 1 rings (SSSR count). The van der Waals surface area contributed by atoms with Crippen LogP contribution in [0.2, 0.25) is 0 Å². The molecule has 0 heterocycles. The fourth-order valence-corrected chi connectivity index (χ4v) is 1.15. The minimum absolute atomic E-state index is 0.352. The normalized spacial score (nSPS) is 14.3. The summed E-state index contributed by atoms with van der Waals surface area (Å²) in [5, 5.41) is 26.6. The first-order valence-corrected chi connectivity index (χ1v) is 3.97. The number of hydrogen-bond donors (Lipinski definition) is 3. The molecule has 0 fully saturated rings. The highest BCUT2D eigenvalue weighted by atomic mass is 19.1. The number of nitrogens with zero attached hydrogens (tertiary/aromatic N) is 1. The fourth-order valence-electron chi connectivity index (χ4n) is 1.15. The second kappa shape index (κ2) is 4.21. The summed E-state index contributed by atoms with van der Waals surface area (Å²) in [7, 11) is 0. The number of hydrogen-bond acceptors (Lipinski definition) is 4. The van der Waals surface area contributed by atoms with Gasteiger partial charge >= 0.3 is 0 Å². The van der Waals surface area contributed by atoms with Crippen molar-refractivity contribution in [3.05, 3.63) is 29.3 Å². The zero-order valence-electron chi connectivity index (χ0n) is 7.48. The van der Waals surface area contributed by atoms with Gasteiger partial charge in [-0.25, -0.2) is 8.78 Å². The van der Waals surface area contributed by atoms with Crippen LogP contribution in [0.4, 0.5) is 14.5 Å². The summed E-state index contributed by atoms with van der Waals surface area (Å²) in [6.45, 7) is 0. The second-order valence-corrected chi connectivity index (χ2v) is 2.91. The van der Waals surface area contributed by atoms with Crippen LogP contribution in [-0.4, -0.2) is 16.3 Å². The third kappa shape index (κ3) is 2.21. The van der Waals surface area contributed by atoms with Gasteiger partial charge in [-0.15, -0.1) is 0 Å². The molecule has 0 aliphatic carbocycles. The van der Waals surface area contributed by atoms with Gasteiger partial charge in [-0.1, -0.05) is 0 Å². The molecule has 0 bridgehead atoms. The maximum Gasteiger partial charge on any atom is 0.170 e. The highest BCUT2D eigenvalue weighted by molar-refractivity contribution is 5.49. The number of anilines is 1. The third-order valence-corrected chi connectivity index (χ3v) is 1.85. The largest absolute Gasteiger partial charge is 0.398 e. The van der Waals surface area contributed by atoms with Crippen LogP contribution in [0.1, 0.15) is 11.7 Å². The van der Waals surface area contributed by atoms with Gasteiger partial charge in [-0.2, -0.15) is 5.26 Å². The smallest absolute Gasteiger partial charge is 0.170 e. The van der Waals surface area contributed by atoms with Gasteiger partial charge in [0.05, 0.1) is 6.07 Å². The molecule has 0 aliphatic heterocycles. The van der Waals surface area contributed by atoms with Gasteiger partial charge in [0.25, 0.3) is 0 Å². The van der Waals surface area contributed by atoms with Crippen molar-refractivity contribution >= 4 is 5.69 Å². The Labute approximate surface area is 84.2 Å². The molecule has 0 saturated heterocycles. The minimum atomic E-state index is -1.81. The Balaban J connectivity index is 3.21. The fraction of sp³-hybridized carbons (Fsp3) is 0.222. The summed E-state index contributed by atoms with van der Waals surface area (Å²) in [5.74, 6) is -2.00.